The molecule has 0 spiro atoms. The molecule has 140 valence electrons. The molecule has 0 fully saturated rings. The molecule has 8 heteroatoms. The lowest BCUT2D eigenvalue weighted by atomic mass is 10.2. The predicted octanol–water partition coefficient (Wildman–Crippen LogP) is 6.18. The summed E-state index contributed by atoms with van der Waals surface area (Å²) in [7, 11) is 0. The number of nitrogens with one attached hydrogen (secondary N) is 1. The first kappa shape index (κ1) is 18.6. The van der Waals surface area contributed by atoms with Crippen LogP contribution in [-0.2, 0) is 0 Å². The number of aromatic nitrogens is 3. The maximum atomic E-state index is 13.3. The molecule has 4 rings (SSSR count). The zero-order valence-corrected chi connectivity index (χ0v) is 17.1. The maximum absolute atomic E-state index is 13.3. The molecule has 0 atom stereocenters. The van der Waals surface area contributed by atoms with Crippen molar-refractivity contribution in [1.82, 2.24) is 15.0 Å². The second kappa shape index (κ2) is 8.12. The van der Waals surface area contributed by atoms with Crippen LogP contribution in [0.1, 0.15) is 0 Å². The molecule has 0 aliphatic carbocycles. The summed E-state index contributed by atoms with van der Waals surface area (Å²) >= 11 is 4.96. The highest BCUT2D eigenvalue weighted by atomic mass is 79.9. The number of benzene rings is 2. The Hall–Kier alpha value is -2.71. The Balaban J connectivity index is 1.60. The van der Waals surface area contributed by atoms with E-state index in [1.54, 1.807) is 36.7 Å². The average Bonchev–Trinajstić information content (AvgIpc) is 2.70. The second-order valence-corrected chi connectivity index (χ2v) is 7.41. The number of hydrogen-bond acceptors (Lipinski definition) is 6. The molecule has 0 radical (unpaired) electrons. The van der Waals surface area contributed by atoms with E-state index in [9.17, 15) is 4.39 Å². The summed E-state index contributed by atoms with van der Waals surface area (Å²) in [5.41, 5.74) is 1.63. The number of thioether (sulfide) groups is 1. The van der Waals surface area contributed by atoms with Gasteiger partial charge in [-0.3, -0.25) is 4.98 Å². The van der Waals surface area contributed by atoms with E-state index in [0.29, 0.717) is 22.5 Å². The largest absolute Gasteiger partial charge is 0.457 e. The quantitative estimate of drug-likeness (QED) is 0.285. The van der Waals surface area contributed by atoms with Gasteiger partial charge in [-0.2, -0.15) is 0 Å². The fraction of sp³-hybridized carbons (Fsp3) is 0.0500. The van der Waals surface area contributed by atoms with Gasteiger partial charge in [0.05, 0.1) is 15.4 Å². The topological polar surface area (TPSA) is 59.9 Å². The van der Waals surface area contributed by atoms with Crippen molar-refractivity contribution in [1.29, 1.82) is 0 Å². The van der Waals surface area contributed by atoms with Crippen LogP contribution in [0.5, 0.6) is 11.5 Å². The third kappa shape index (κ3) is 4.07. The molecule has 2 aromatic carbocycles. The highest BCUT2D eigenvalue weighted by Crippen LogP contribution is 2.30. The van der Waals surface area contributed by atoms with Gasteiger partial charge in [0, 0.05) is 24.1 Å². The highest BCUT2D eigenvalue weighted by molar-refractivity contribution is 9.10. The van der Waals surface area contributed by atoms with Crippen molar-refractivity contribution in [2.75, 3.05) is 11.6 Å². The molecule has 0 unspecified atom stereocenters. The summed E-state index contributed by atoms with van der Waals surface area (Å²) < 4.78 is 19.8. The third-order valence-corrected chi connectivity index (χ3v) is 5.00. The van der Waals surface area contributed by atoms with Crippen LogP contribution in [0, 0.1) is 5.82 Å². The first-order chi connectivity index (χ1) is 13.6. The SMILES string of the molecule is CSc1nc(Nc2ccc(Oc3cccc(F)c3)cc2)c2cncc(Br)c2n1. The van der Waals surface area contributed by atoms with Gasteiger partial charge >= 0.3 is 0 Å². The number of pyridine rings is 1. The Morgan fingerprint density at radius 1 is 1.04 bits per heavy atom. The number of ether oxygens (including phenoxy) is 1. The molecule has 2 aromatic heterocycles. The van der Waals surface area contributed by atoms with Crippen LogP contribution >= 0.6 is 27.7 Å². The summed E-state index contributed by atoms with van der Waals surface area (Å²) in [6.45, 7) is 0. The Morgan fingerprint density at radius 3 is 2.61 bits per heavy atom. The van der Waals surface area contributed by atoms with E-state index in [4.69, 9.17) is 4.74 Å². The van der Waals surface area contributed by atoms with Crippen LogP contribution < -0.4 is 10.1 Å². The Labute approximate surface area is 173 Å². The van der Waals surface area contributed by atoms with Crippen LogP contribution in [0.4, 0.5) is 15.9 Å². The standard InChI is InChI=1S/C20H14BrFN4OS/c1-28-20-25-18-16(10-23-11-17(18)21)19(26-20)24-13-5-7-14(8-6-13)27-15-4-2-3-12(22)9-15/h2-11H,1H3,(H,24,25,26). The van der Waals surface area contributed by atoms with Gasteiger partial charge in [0.2, 0.25) is 0 Å². The third-order valence-electron chi connectivity index (χ3n) is 3.87. The summed E-state index contributed by atoms with van der Waals surface area (Å²) in [5, 5.41) is 4.78. The van der Waals surface area contributed by atoms with Crippen LogP contribution in [-0.4, -0.2) is 21.2 Å². The minimum absolute atomic E-state index is 0.337. The summed E-state index contributed by atoms with van der Waals surface area (Å²) in [4.78, 5) is 13.3. The molecule has 0 amide bonds. The van der Waals surface area contributed by atoms with Crippen molar-refractivity contribution in [3.8, 4) is 11.5 Å². The fourth-order valence-electron chi connectivity index (χ4n) is 2.59. The number of fused-ring (bicyclic) bond motifs is 1. The van der Waals surface area contributed by atoms with Crippen molar-refractivity contribution in [3.05, 3.63) is 71.2 Å². The van der Waals surface area contributed by atoms with Crippen molar-refractivity contribution in [3.63, 3.8) is 0 Å². The molecule has 0 aliphatic heterocycles. The molecule has 2 heterocycles. The monoisotopic (exact) mass is 456 g/mol. The van der Waals surface area contributed by atoms with E-state index in [0.717, 1.165) is 21.1 Å². The van der Waals surface area contributed by atoms with Crippen molar-refractivity contribution in [2.45, 2.75) is 5.16 Å². The Kier molecular flexibility index (Phi) is 5.40. The summed E-state index contributed by atoms with van der Waals surface area (Å²) in [6, 6.07) is 13.4. The Bertz CT molecular complexity index is 1140. The molecule has 4 aromatic rings. The van der Waals surface area contributed by atoms with E-state index in [2.05, 4.69) is 36.2 Å². The second-order valence-electron chi connectivity index (χ2n) is 5.79. The minimum atomic E-state index is -0.337. The number of rotatable bonds is 5. The molecule has 0 saturated heterocycles. The zero-order valence-electron chi connectivity index (χ0n) is 14.7. The van der Waals surface area contributed by atoms with Crippen molar-refractivity contribution < 1.29 is 9.13 Å². The number of anilines is 2. The molecular formula is C20H14BrFN4OS. The maximum Gasteiger partial charge on any atom is 0.189 e. The lowest BCUT2D eigenvalue weighted by molar-refractivity contribution is 0.477. The molecular weight excluding hydrogens is 443 g/mol. The fourth-order valence-corrected chi connectivity index (χ4v) is 3.37. The van der Waals surface area contributed by atoms with Gasteiger partial charge in [-0.25, -0.2) is 14.4 Å². The summed E-state index contributed by atoms with van der Waals surface area (Å²) in [6.07, 6.45) is 5.37. The highest BCUT2D eigenvalue weighted by Gasteiger charge is 2.11. The lowest BCUT2D eigenvalue weighted by Gasteiger charge is -2.11. The van der Waals surface area contributed by atoms with Gasteiger partial charge in [0.1, 0.15) is 23.1 Å². The predicted molar refractivity (Wildman–Crippen MR) is 113 cm³/mol. The Morgan fingerprint density at radius 2 is 1.86 bits per heavy atom. The van der Waals surface area contributed by atoms with E-state index in [1.165, 1.54) is 23.9 Å². The molecule has 0 aliphatic rings. The van der Waals surface area contributed by atoms with Gasteiger partial charge in [-0.15, -0.1) is 0 Å². The van der Waals surface area contributed by atoms with Gasteiger partial charge in [0.15, 0.2) is 5.16 Å². The van der Waals surface area contributed by atoms with Crippen LogP contribution in [0.25, 0.3) is 10.9 Å². The molecule has 5 nitrogen and oxygen atoms in total. The average molecular weight is 457 g/mol. The lowest BCUT2D eigenvalue weighted by Crippen LogP contribution is -1.99. The van der Waals surface area contributed by atoms with E-state index >= 15 is 0 Å². The normalized spacial score (nSPS) is 10.8. The minimum Gasteiger partial charge on any atom is -0.457 e. The van der Waals surface area contributed by atoms with Crippen LogP contribution in [0.15, 0.2) is 70.6 Å². The van der Waals surface area contributed by atoms with Gasteiger partial charge in [0.25, 0.3) is 0 Å². The smallest absolute Gasteiger partial charge is 0.189 e. The first-order valence-electron chi connectivity index (χ1n) is 8.28. The van der Waals surface area contributed by atoms with Gasteiger partial charge in [-0.05, 0) is 58.6 Å². The molecule has 0 saturated carbocycles. The molecule has 28 heavy (non-hydrogen) atoms. The van der Waals surface area contributed by atoms with E-state index in [1.807, 2.05) is 18.4 Å². The van der Waals surface area contributed by atoms with Gasteiger partial charge < -0.3 is 10.1 Å². The summed E-state index contributed by atoms with van der Waals surface area (Å²) in [5.74, 6) is 1.39. The van der Waals surface area contributed by atoms with Gasteiger partial charge in [-0.1, -0.05) is 17.8 Å². The molecule has 1 N–H and O–H groups in total. The van der Waals surface area contributed by atoms with Crippen molar-refractivity contribution in [2.24, 2.45) is 0 Å². The van der Waals surface area contributed by atoms with E-state index < -0.39 is 0 Å². The first-order valence-corrected chi connectivity index (χ1v) is 10.3. The van der Waals surface area contributed by atoms with Crippen LogP contribution in [0.3, 0.4) is 0 Å². The number of hydrogen-bond donors (Lipinski definition) is 1. The number of halogens is 2. The van der Waals surface area contributed by atoms with Crippen LogP contribution in [0.2, 0.25) is 0 Å². The zero-order chi connectivity index (χ0) is 19.5. The van der Waals surface area contributed by atoms with Crippen molar-refractivity contribution >= 4 is 50.1 Å². The van der Waals surface area contributed by atoms with E-state index in [-0.39, 0.29) is 5.82 Å². The molecule has 0 bridgehead atoms. The number of nitrogens with zero attached hydrogens (tertiary/aromatic N) is 3.